The van der Waals surface area contributed by atoms with Gasteiger partial charge in [0.15, 0.2) is 0 Å². The normalized spacial score (nSPS) is 19.9. The number of aromatic nitrogens is 2. The lowest BCUT2D eigenvalue weighted by Crippen LogP contribution is -2.47. The summed E-state index contributed by atoms with van der Waals surface area (Å²) in [4.78, 5) is 28.0. The molecule has 8 nitrogen and oxygen atoms in total. The maximum Gasteiger partial charge on any atom is 0.279 e. The van der Waals surface area contributed by atoms with Crippen molar-refractivity contribution in [2.75, 3.05) is 17.3 Å². The molecule has 2 aromatic carbocycles. The minimum atomic E-state index is -2.57. The van der Waals surface area contributed by atoms with Crippen LogP contribution in [-0.4, -0.2) is 40.7 Å². The first-order chi connectivity index (χ1) is 17.2. The van der Waals surface area contributed by atoms with Gasteiger partial charge in [-0.15, -0.1) is 0 Å². The fourth-order valence-electron chi connectivity index (χ4n) is 4.56. The number of alkyl halides is 2. The first-order valence-corrected chi connectivity index (χ1v) is 11.5. The fourth-order valence-corrected chi connectivity index (χ4v) is 4.56. The highest BCUT2D eigenvalue weighted by Gasteiger charge is 2.56. The van der Waals surface area contributed by atoms with Crippen LogP contribution in [0.15, 0.2) is 48.7 Å². The second-order valence-corrected chi connectivity index (χ2v) is 9.13. The van der Waals surface area contributed by atoms with Crippen molar-refractivity contribution in [2.24, 2.45) is 5.92 Å². The molecule has 0 bridgehead atoms. The van der Waals surface area contributed by atoms with Gasteiger partial charge in [-0.1, -0.05) is 12.1 Å². The standard InChI is InChI=1S/C26H23F2N5O3/c1-15-14-32-23(21(13-30-32)31-24(34)17-5-8-22(36-2)18(10-17)12-29)25(35)33(15)20-6-3-16(4-7-20)9-19-11-26(19,27)28/h3-8,10,13,15,19H,9,11,14H2,1-2H3,(H,31,34)/t15-,19?/m0/s1. The summed E-state index contributed by atoms with van der Waals surface area (Å²) in [6.07, 6.45) is 1.65. The van der Waals surface area contributed by atoms with Crippen LogP contribution >= 0.6 is 0 Å². The molecule has 1 aliphatic carbocycles. The van der Waals surface area contributed by atoms with Crippen LogP contribution in [0.25, 0.3) is 0 Å². The van der Waals surface area contributed by atoms with Gasteiger partial charge in [0.1, 0.15) is 17.5 Å². The lowest BCUT2D eigenvalue weighted by Gasteiger charge is -2.34. The second-order valence-electron chi connectivity index (χ2n) is 9.13. The summed E-state index contributed by atoms with van der Waals surface area (Å²) < 4.78 is 33.2. The lowest BCUT2D eigenvalue weighted by atomic mass is 10.1. The molecule has 1 N–H and O–H groups in total. The monoisotopic (exact) mass is 491 g/mol. The van der Waals surface area contributed by atoms with Gasteiger partial charge in [-0.05, 0) is 49.2 Å². The van der Waals surface area contributed by atoms with Crippen LogP contribution in [0.3, 0.4) is 0 Å². The smallest absolute Gasteiger partial charge is 0.279 e. The third-order valence-corrected chi connectivity index (χ3v) is 6.62. The molecule has 0 saturated heterocycles. The van der Waals surface area contributed by atoms with Gasteiger partial charge in [0, 0.05) is 23.6 Å². The van der Waals surface area contributed by atoms with Crippen LogP contribution in [0.5, 0.6) is 5.75 Å². The highest BCUT2D eigenvalue weighted by atomic mass is 19.3. The van der Waals surface area contributed by atoms with Gasteiger partial charge in [0.25, 0.3) is 17.7 Å². The summed E-state index contributed by atoms with van der Waals surface area (Å²) in [5, 5.41) is 16.3. The summed E-state index contributed by atoms with van der Waals surface area (Å²) >= 11 is 0. The van der Waals surface area contributed by atoms with Gasteiger partial charge in [-0.3, -0.25) is 14.3 Å². The number of carbonyl (C=O) groups is 2. The molecular formula is C26H23F2N5O3. The molecule has 2 atom stereocenters. The van der Waals surface area contributed by atoms with Crippen molar-refractivity contribution in [2.45, 2.75) is 38.3 Å². The van der Waals surface area contributed by atoms with E-state index >= 15 is 0 Å². The fraction of sp³-hybridized carbons (Fsp3) is 0.308. The largest absolute Gasteiger partial charge is 0.495 e. The highest BCUT2D eigenvalue weighted by molar-refractivity contribution is 6.13. The molecule has 10 heteroatoms. The quantitative estimate of drug-likeness (QED) is 0.555. The Labute approximate surface area is 206 Å². The van der Waals surface area contributed by atoms with Crippen LogP contribution in [0, 0.1) is 17.2 Å². The van der Waals surface area contributed by atoms with Crippen LogP contribution in [0.4, 0.5) is 20.2 Å². The average Bonchev–Trinajstić information content (AvgIpc) is 3.26. The van der Waals surface area contributed by atoms with Gasteiger partial charge >= 0.3 is 0 Å². The van der Waals surface area contributed by atoms with Crippen molar-refractivity contribution in [3.63, 3.8) is 0 Å². The molecule has 184 valence electrons. The Bertz CT molecular complexity index is 1390. The Balaban J connectivity index is 1.36. The number of nitriles is 1. The number of hydrogen-bond acceptors (Lipinski definition) is 5. The van der Waals surface area contributed by atoms with Crippen LogP contribution in [0.2, 0.25) is 0 Å². The summed E-state index contributed by atoms with van der Waals surface area (Å²) in [7, 11) is 1.44. The number of ether oxygens (including phenoxy) is 1. The molecule has 5 rings (SSSR count). The number of halogens is 2. The molecule has 0 spiro atoms. The molecule has 1 aliphatic heterocycles. The van der Waals surface area contributed by atoms with Crippen LogP contribution in [-0.2, 0) is 13.0 Å². The highest BCUT2D eigenvalue weighted by Crippen LogP contribution is 2.50. The molecule has 3 aromatic rings. The number of amides is 2. The SMILES string of the molecule is COc1ccc(C(=O)Nc2cnn3c2C(=O)N(c2ccc(CC4CC4(F)F)cc2)[C@@H](C)C3)cc1C#N. The predicted molar refractivity (Wildman–Crippen MR) is 127 cm³/mol. The zero-order valence-electron chi connectivity index (χ0n) is 19.7. The van der Waals surface area contributed by atoms with Gasteiger partial charge < -0.3 is 15.0 Å². The molecule has 1 unspecified atom stereocenters. The van der Waals surface area contributed by atoms with Crippen molar-refractivity contribution in [3.8, 4) is 11.8 Å². The Hall–Kier alpha value is -4.26. The van der Waals surface area contributed by atoms with Crippen molar-refractivity contribution in [1.82, 2.24) is 9.78 Å². The number of fused-ring (bicyclic) bond motifs is 1. The Morgan fingerprint density at radius 1 is 1.28 bits per heavy atom. The maximum atomic E-state index is 13.5. The van der Waals surface area contributed by atoms with Gasteiger partial charge in [-0.2, -0.15) is 10.4 Å². The average molecular weight is 491 g/mol. The number of methoxy groups -OCH3 is 1. The molecule has 1 aromatic heterocycles. The van der Waals surface area contributed by atoms with Gasteiger partial charge in [-0.25, -0.2) is 8.78 Å². The van der Waals surface area contributed by atoms with Gasteiger partial charge in [0.05, 0.1) is 37.1 Å². The molecule has 1 fully saturated rings. The van der Waals surface area contributed by atoms with Crippen molar-refractivity contribution in [1.29, 1.82) is 5.26 Å². The first-order valence-electron chi connectivity index (χ1n) is 11.5. The maximum absolute atomic E-state index is 13.5. The molecule has 2 amide bonds. The molecular weight excluding hydrogens is 468 g/mol. The first kappa shape index (κ1) is 23.5. The van der Waals surface area contributed by atoms with E-state index in [0.29, 0.717) is 24.4 Å². The van der Waals surface area contributed by atoms with E-state index in [1.165, 1.54) is 31.5 Å². The second kappa shape index (κ2) is 8.75. The van der Waals surface area contributed by atoms with Gasteiger partial charge in [0.2, 0.25) is 0 Å². The molecule has 0 radical (unpaired) electrons. The van der Waals surface area contributed by atoms with E-state index in [9.17, 15) is 23.6 Å². The van der Waals surface area contributed by atoms with Crippen LogP contribution < -0.4 is 15.0 Å². The number of carbonyl (C=O) groups excluding carboxylic acids is 2. The van der Waals surface area contributed by atoms with E-state index < -0.39 is 17.7 Å². The van der Waals surface area contributed by atoms with E-state index in [1.807, 2.05) is 13.0 Å². The molecule has 1 saturated carbocycles. The number of benzene rings is 2. The Morgan fingerprint density at radius 2 is 2.00 bits per heavy atom. The summed E-state index contributed by atoms with van der Waals surface area (Å²) in [6, 6.07) is 13.3. The minimum absolute atomic E-state index is 0.0801. The summed E-state index contributed by atoms with van der Waals surface area (Å²) in [5.41, 5.74) is 2.37. The van der Waals surface area contributed by atoms with E-state index in [4.69, 9.17) is 4.74 Å². The topological polar surface area (TPSA) is 100 Å². The van der Waals surface area contributed by atoms with Crippen molar-refractivity contribution >= 4 is 23.2 Å². The van der Waals surface area contributed by atoms with Crippen LogP contribution in [0.1, 0.15) is 45.3 Å². The molecule has 36 heavy (non-hydrogen) atoms. The predicted octanol–water partition coefficient (Wildman–Crippen LogP) is 4.26. The summed E-state index contributed by atoms with van der Waals surface area (Å²) in [5.74, 6) is -3.67. The number of rotatable bonds is 6. The van der Waals surface area contributed by atoms with E-state index in [2.05, 4.69) is 10.4 Å². The van der Waals surface area contributed by atoms with E-state index in [1.54, 1.807) is 33.8 Å². The number of nitrogens with one attached hydrogen (secondary N) is 1. The Kier molecular flexibility index (Phi) is 5.71. The van der Waals surface area contributed by atoms with E-state index in [-0.39, 0.29) is 40.9 Å². The zero-order valence-corrected chi connectivity index (χ0v) is 19.7. The molecule has 2 heterocycles. The molecule has 2 aliphatic rings. The van der Waals surface area contributed by atoms with Crippen molar-refractivity contribution in [3.05, 3.63) is 71.0 Å². The van der Waals surface area contributed by atoms with E-state index in [0.717, 1.165) is 5.56 Å². The Morgan fingerprint density at radius 3 is 2.64 bits per heavy atom. The third-order valence-electron chi connectivity index (χ3n) is 6.62. The summed E-state index contributed by atoms with van der Waals surface area (Å²) in [6.45, 7) is 2.30. The lowest BCUT2D eigenvalue weighted by molar-refractivity contribution is 0.0947. The zero-order chi connectivity index (χ0) is 25.6. The third kappa shape index (κ3) is 4.17. The number of anilines is 2. The minimum Gasteiger partial charge on any atom is -0.495 e. The number of nitrogens with zero attached hydrogens (tertiary/aromatic N) is 4. The number of hydrogen-bond donors (Lipinski definition) is 1. The van der Waals surface area contributed by atoms with Crippen molar-refractivity contribution < 1.29 is 23.1 Å².